The topological polar surface area (TPSA) is 64.6 Å². The van der Waals surface area contributed by atoms with Crippen molar-refractivity contribution in [2.45, 2.75) is 69.6 Å². The lowest BCUT2D eigenvalue weighted by Crippen LogP contribution is -2.69. The zero-order valence-electron chi connectivity index (χ0n) is 11.7. The molecule has 0 saturated heterocycles. The van der Waals surface area contributed by atoms with Crippen LogP contribution in [0, 0.1) is 0 Å². The molecule has 0 spiro atoms. The van der Waals surface area contributed by atoms with E-state index in [1.54, 1.807) is 0 Å². The van der Waals surface area contributed by atoms with Crippen LogP contribution in [-0.4, -0.2) is 36.7 Å². The predicted octanol–water partition coefficient (Wildman–Crippen LogP) is 1.55. The molecule has 0 bridgehead atoms. The molecule has 0 aliphatic heterocycles. The second kappa shape index (κ2) is 5.90. The van der Waals surface area contributed by atoms with E-state index < -0.39 is 11.5 Å². The van der Waals surface area contributed by atoms with Crippen molar-refractivity contribution in [3.8, 4) is 0 Å². The van der Waals surface area contributed by atoms with E-state index in [1.165, 1.54) is 33.3 Å². The average Bonchev–Trinajstić information content (AvgIpc) is 2.41. The molecule has 2 fully saturated rings. The van der Waals surface area contributed by atoms with E-state index >= 15 is 0 Å². The van der Waals surface area contributed by atoms with Crippen molar-refractivity contribution < 1.29 is 19.1 Å². The molecule has 19 heavy (non-hydrogen) atoms. The first-order valence-electron chi connectivity index (χ1n) is 7.11. The van der Waals surface area contributed by atoms with E-state index in [-0.39, 0.29) is 18.1 Å². The predicted molar refractivity (Wildman–Crippen MR) is 69.5 cm³/mol. The lowest BCUT2D eigenvalue weighted by Gasteiger charge is -2.48. The maximum Gasteiger partial charge on any atom is 0.334 e. The van der Waals surface area contributed by atoms with Crippen molar-refractivity contribution in [3.63, 3.8) is 0 Å². The van der Waals surface area contributed by atoms with Gasteiger partial charge < -0.3 is 14.8 Å². The molecule has 2 saturated carbocycles. The Morgan fingerprint density at radius 1 is 1.16 bits per heavy atom. The highest BCUT2D eigenvalue weighted by atomic mass is 16.5. The Kier molecular flexibility index (Phi) is 4.45. The molecule has 2 rings (SSSR count). The molecule has 0 aromatic heterocycles. The van der Waals surface area contributed by atoms with Gasteiger partial charge >= 0.3 is 5.97 Å². The van der Waals surface area contributed by atoms with Gasteiger partial charge in [-0.05, 0) is 25.7 Å². The molecule has 1 amide bonds. The molecule has 0 heterocycles. The van der Waals surface area contributed by atoms with Gasteiger partial charge in [-0.2, -0.15) is 0 Å². The molecule has 2 aliphatic rings. The minimum Gasteiger partial charge on any atom is -0.467 e. The highest BCUT2D eigenvalue weighted by Crippen LogP contribution is 2.38. The van der Waals surface area contributed by atoms with Gasteiger partial charge in [-0.15, -0.1) is 0 Å². The van der Waals surface area contributed by atoms with Gasteiger partial charge in [0.2, 0.25) is 5.91 Å². The Balaban J connectivity index is 2.02. The average molecular weight is 269 g/mol. The number of esters is 1. The molecule has 108 valence electrons. The number of methoxy groups -OCH3 is 1. The second-order valence-corrected chi connectivity index (χ2v) is 5.57. The van der Waals surface area contributed by atoms with Gasteiger partial charge in [0.1, 0.15) is 0 Å². The van der Waals surface area contributed by atoms with Crippen LogP contribution in [0.3, 0.4) is 0 Å². The normalized spacial score (nSPS) is 31.4. The van der Waals surface area contributed by atoms with Crippen LogP contribution in [0.4, 0.5) is 0 Å². The van der Waals surface area contributed by atoms with Crippen LogP contribution >= 0.6 is 0 Å². The van der Waals surface area contributed by atoms with E-state index in [1.807, 2.05) is 0 Å². The number of rotatable bonds is 4. The van der Waals surface area contributed by atoms with Gasteiger partial charge in [-0.3, -0.25) is 4.79 Å². The summed E-state index contributed by atoms with van der Waals surface area (Å²) in [4.78, 5) is 23.3. The quantitative estimate of drug-likeness (QED) is 0.786. The van der Waals surface area contributed by atoms with Crippen LogP contribution < -0.4 is 5.32 Å². The first-order valence-corrected chi connectivity index (χ1v) is 7.11. The van der Waals surface area contributed by atoms with E-state index in [2.05, 4.69) is 5.32 Å². The molecule has 0 unspecified atom stereocenters. The molecule has 0 aromatic carbocycles. The van der Waals surface area contributed by atoms with Crippen molar-refractivity contribution in [1.29, 1.82) is 0 Å². The van der Waals surface area contributed by atoms with Gasteiger partial charge in [-0.1, -0.05) is 19.3 Å². The van der Waals surface area contributed by atoms with Crippen molar-refractivity contribution >= 4 is 11.9 Å². The Labute approximate surface area is 114 Å². The number of amides is 1. The largest absolute Gasteiger partial charge is 0.467 e. The standard InChI is InChI=1S/C14H23NO4/c1-10(16)15-14(13(17)18-2)9-8-12(14)19-11-6-4-3-5-7-11/h11-12H,3-9H2,1-2H3,(H,15,16)/t12-,14+/m0/s1. The summed E-state index contributed by atoms with van der Waals surface area (Å²) >= 11 is 0. The SMILES string of the molecule is COC(=O)[C@@]1(NC(C)=O)CC[C@@H]1OC1CCCCC1. The summed E-state index contributed by atoms with van der Waals surface area (Å²) in [6, 6.07) is 0. The first-order chi connectivity index (χ1) is 9.08. The number of ether oxygens (including phenoxy) is 2. The van der Waals surface area contributed by atoms with E-state index in [4.69, 9.17) is 9.47 Å². The summed E-state index contributed by atoms with van der Waals surface area (Å²) in [5.41, 5.74) is -0.960. The lowest BCUT2D eigenvalue weighted by molar-refractivity contribution is -0.178. The Morgan fingerprint density at radius 3 is 2.32 bits per heavy atom. The molecular weight excluding hydrogens is 246 g/mol. The van der Waals surface area contributed by atoms with E-state index in [0.29, 0.717) is 6.42 Å². The summed E-state index contributed by atoms with van der Waals surface area (Å²) in [7, 11) is 1.35. The van der Waals surface area contributed by atoms with Crippen LogP contribution in [-0.2, 0) is 19.1 Å². The molecule has 5 nitrogen and oxygen atoms in total. The van der Waals surface area contributed by atoms with Gasteiger partial charge in [0, 0.05) is 6.92 Å². The first kappa shape index (κ1) is 14.3. The molecule has 2 aliphatic carbocycles. The summed E-state index contributed by atoms with van der Waals surface area (Å²) < 4.78 is 10.9. The molecule has 2 atom stereocenters. The van der Waals surface area contributed by atoms with Crippen LogP contribution in [0.1, 0.15) is 51.9 Å². The summed E-state index contributed by atoms with van der Waals surface area (Å²) in [5.74, 6) is -0.614. The van der Waals surface area contributed by atoms with Crippen molar-refractivity contribution in [1.82, 2.24) is 5.32 Å². The van der Waals surface area contributed by atoms with Gasteiger partial charge in [0.05, 0.1) is 19.3 Å². The minimum absolute atomic E-state index is 0.219. The maximum absolute atomic E-state index is 12.0. The van der Waals surface area contributed by atoms with Crippen LogP contribution in [0.15, 0.2) is 0 Å². The summed E-state index contributed by atoms with van der Waals surface area (Å²) in [6.07, 6.45) is 7.09. The van der Waals surface area contributed by atoms with Crippen LogP contribution in [0.5, 0.6) is 0 Å². The fourth-order valence-electron chi connectivity index (χ4n) is 3.09. The molecule has 1 N–H and O–H groups in total. The fraction of sp³-hybridized carbons (Fsp3) is 0.857. The third kappa shape index (κ3) is 2.91. The highest BCUT2D eigenvalue weighted by Gasteiger charge is 2.56. The Morgan fingerprint density at radius 2 is 1.84 bits per heavy atom. The zero-order chi connectivity index (χ0) is 13.9. The third-order valence-corrected chi connectivity index (χ3v) is 4.21. The van der Waals surface area contributed by atoms with Crippen LogP contribution in [0.25, 0.3) is 0 Å². The fourth-order valence-corrected chi connectivity index (χ4v) is 3.09. The summed E-state index contributed by atoms with van der Waals surface area (Å²) in [6.45, 7) is 1.42. The monoisotopic (exact) mass is 269 g/mol. The Hall–Kier alpha value is -1.10. The smallest absolute Gasteiger partial charge is 0.334 e. The van der Waals surface area contributed by atoms with Crippen molar-refractivity contribution in [3.05, 3.63) is 0 Å². The van der Waals surface area contributed by atoms with Crippen molar-refractivity contribution in [2.24, 2.45) is 0 Å². The van der Waals surface area contributed by atoms with E-state index in [0.717, 1.165) is 19.3 Å². The zero-order valence-corrected chi connectivity index (χ0v) is 11.7. The molecule has 5 heteroatoms. The summed E-state index contributed by atoms with van der Waals surface area (Å²) in [5, 5.41) is 2.74. The highest BCUT2D eigenvalue weighted by molar-refractivity contribution is 5.89. The number of carbonyl (C=O) groups excluding carboxylic acids is 2. The number of hydrogen-bond donors (Lipinski definition) is 1. The number of carbonyl (C=O) groups is 2. The molecule has 0 aromatic rings. The van der Waals surface area contributed by atoms with Crippen LogP contribution in [0.2, 0.25) is 0 Å². The Bertz CT molecular complexity index is 351. The molecule has 0 radical (unpaired) electrons. The minimum atomic E-state index is -0.960. The van der Waals surface area contributed by atoms with Gasteiger partial charge in [0.15, 0.2) is 5.54 Å². The van der Waals surface area contributed by atoms with Gasteiger partial charge in [0.25, 0.3) is 0 Å². The number of hydrogen-bond acceptors (Lipinski definition) is 4. The van der Waals surface area contributed by atoms with Crippen molar-refractivity contribution in [2.75, 3.05) is 7.11 Å². The van der Waals surface area contributed by atoms with Gasteiger partial charge in [-0.25, -0.2) is 4.79 Å². The number of nitrogens with one attached hydrogen (secondary N) is 1. The maximum atomic E-state index is 12.0. The lowest BCUT2D eigenvalue weighted by atomic mass is 9.73. The second-order valence-electron chi connectivity index (χ2n) is 5.57. The van der Waals surface area contributed by atoms with E-state index in [9.17, 15) is 9.59 Å². The molecular formula is C14H23NO4. The third-order valence-electron chi connectivity index (χ3n) is 4.21.